The average molecular weight is 635 g/mol. The van der Waals surface area contributed by atoms with Gasteiger partial charge in [-0.15, -0.1) is 0 Å². The average Bonchev–Trinajstić information content (AvgIpc) is 2.91. The van der Waals surface area contributed by atoms with Gasteiger partial charge in [-0.1, -0.05) is 85.7 Å². The van der Waals surface area contributed by atoms with Crippen LogP contribution >= 0.6 is 0 Å². The quantitative estimate of drug-likeness (QED) is 0.199. The highest BCUT2D eigenvalue weighted by atomic mass is 16.6. The highest BCUT2D eigenvalue weighted by molar-refractivity contribution is 5.90. The maximum Gasteiger partial charge on any atom is 0.410 e. The van der Waals surface area contributed by atoms with Crippen molar-refractivity contribution in [1.82, 2.24) is 9.80 Å². The van der Waals surface area contributed by atoms with Gasteiger partial charge in [0, 0.05) is 20.0 Å². The van der Waals surface area contributed by atoms with E-state index in [1.807, 2.05) is 30.3 Å². The van der Waals surface area contributed by atoms with Gasteiger partial charge >= 0.3 is 24.0 Å². The van der Waals surface area contributed by atoms with Crippen LogP contribution in [0.3, 0.4) is 0 Å². The predicted octanol–water partition coefficient (Wildman–Crippen LogP) is 5.24. The number of benzene rings is 1. The first-order valence-electron chi connectivity index (χ1n) is 15.5. The van der Waals surface area contributed by atoms with Gasteiger partial charge in [0.1, 0.15) is 24.3 Å². The highest BCUT2D eigenvalue weighted by Gasteiger charge is 2.42. The van der Waals surface area contributed by atoms with Crippen LogP contribution in [0.15, 0.2) is 30.3 Å². The van der Waals surface area contributed by atoms with Crippen LogP contribution < -0.4 is 0 Å². The van der Waals surface area contributed by atoms with Crippen molar-refractivity contribution < 1.29 is 42.9 Å². The number of nitrogens with zero attached hydrogens (tertiary/aromatic N) is 2. The van der Waals surface area contributed by atoms with Gasteiger partial charge in [0.05, 0.1) is 0 Å². The fourth-order valence-electron chi connectivity index (χ4n) is 4.67. The molecule has 1 aromatic carbocycles. The molecule has 11 nitrogen and oxygen atoms in total. The molecule has 0 aromatic heterocycles. The van der Waals surface area contributed by atoms with Gasteiger partial charge in [0.25, 0.3) is 5.91 Å². The minimum absolute atomic E-state index is 0.0222. The predicted molar refractivity (Wildman–Crippen MR) is 170 cm³/mol. The SMILES string of the molecule is CC(C)[C@@H](C(=O)O[C@@H](C(=O)N(C)[C@H](C(=O)O[C@@H](C(=O)OCc1ccccc1)C(C)C)C(C)C)C(C)C)N(C)C(=O)OC(C)(C)C. The van der Waals surface area contributed by atoms with E-state index >= 15 is 0 Å². The molecule has 0 aliphatic heterocycles. The van der Waals surface area contributed by atoms with Crippen LogP contribution in [0.4, 0.5) is 4.79 Å². The third kappa shape index (κ3) is 12.0. The molecule has 0 N–H and O–H groups in total. The van der Waals surface area contributed by atoms with Crippen LogP contribution in [-0.4, -0.2) is 83.7 Å². The lowest BCUT2D eigenvalue weighted by Gasteiger charge is -2.36. The Bertz CT molecular complexity index is 1140. The highest BCUT2D eigenvalue weighted by Crippen LogP contribution is 2.22. The van der Waals surface area contributed by atoms with E-state index in [0.717, 1.165) is 5.56 Å². The summed E-state index contributed by atoms with van der Waals surface area (Å²) in [6.07, 6.45) is -3.16. The molecule has 0 fully saturated rings. The van der Waals surface area contributed by atoms with Crippen molar-refractivity contribution in [1.29, 1.82) is 0 Å². The monoisotopic (exact) mass is 634 g/mol. The lowest BCUT2D eigenvalue weighted by molar-refractivity contribution is -0.179. The zero-order chi connectivity index (χ0) is 34.8. The van der Waals surface area contributed by atoms with Crippen molar-refractivity contribution >= 4 is 29.9 Å². The number of hydrogen-bond acceptors (Lipinski definition) is 9. The number of hydrogen-bond donors (Lipinski definition) is 0. The Hall–Kier alpha value is -3.63. The Morgan fingerprint density at radius 3 is 1.51 bits per heavy atom. The summed E-state index contributed by atoms with van der Waals surface area (Å²) >= 11 is 0. The van der Waals surface area contributed by atoms with E-state index in [-0.39, 0.29) is 12.5 Å². The molecule has 0 aliphatic carbocycles. The zero-order valence-electron chi connectivity index (χ0n) is 29.3. The van der Waals surface area contributed by atoms with Crippen LogP contribution in [0.2, 0.25) is 0 Å². The van der Waals surface area contributed by atoms with Crippen molar-refractivity contribution in [3.05, 3.63) is 35.9 Å². The summed E-state index contributed by atoms with van der Waals surface area (Å²) < 4.78 is 22.3. The molecule has 11 heteroatoms. The number of likely N-dealkylation sites (N-methyl/N-ethyl adjacent to an activating group) is 2. The summed E-state index contributed by atoms with van der Waals surface area (Å²) in [7, 11) is 2.88. The van der Waals surface area contributed by atoms with Crippen LogP contribution in [0.1, 0.15) is 81.7 Å². The topological polar surface area (TPSA) is 129 Å². The summed E-state index contributed by atoms with van der Waals surface area (Å²) in [4.78, 5) is 68.8. The Balaban J connectivity index is 3.15. The van der Waals surface area contributed by atoms with Crippen LogP contribution in [0.25, 0.3) is 0 Å². The molecule has 0 bridgehead atoms. The maximum atomic E-state index is 13.8. The van der Waals surface area contributed by atoms with Crippen molar-refractivity contribution in [3.63, 3.8) is 0 Å². The number of carbonyl (C=O) groups is 5. The second-order valence-corrected chi connectivity index (χ2v) is 13.7. The standard InChI is InChI=1S/C34H54N2O9/c1-20(2)25(30(38)44-28(23(7)8)32(40)42-19-24-17-15-14-16-18-24)35(12)29(37)27(22(5)6)43-31(39)26(21(3)4)36(13)33(41)45-34(9,10)11/h14-18,20-23,25-28H,19H2,1-13H3/t25-,26-,27+,28+/m0/s1. The first-order valence-corrected chi connectivity index (χ1v) is 15.5. The number of ether oxygens (including phenoxy) is 4. The molecule has 1 aromatic rings. The van der Waals surface area contributed by atoms with Crippen LogP contribution in [0.5, 0.6) is 0 Å². The van der Waals surface area contributed by atoms with E-state index in [1.54, 1.807) is 76.2 Å². The fraction of sp³-hybridized carbons (Fsp3) is 0.676. The molecular formula is C34H54N2O9. The Morgan fingerprint density at radius 2 is 1.09 bits per heavy atom. The lowest BCUT2D eigenvalue weighted by Crippen LogP contribution is -2.54. The van der Waals surface area contributed by atoms with Gasteiger partial charge in [0.2, 0.25) is 6.10 Å². The van der Waals surface area contributed by atoms with Crippen LogP contribution in [-0.2, 0) is 44.7 Å². The van der Waals surface area contributed by atoms with E-state index in [2.05, 4.69) is 0 Å². The molecule has 4 atom stereocenters. The summed E-state index contributed by atoms with van der Waals surface area (Å²) in [6, 6.07) is 7.01. The summed E-state index contributed by atoms with van der Waals surface area (Å²) in [5.41, 5.74) is 0.0141. The van der Waals surface area contributed by atoms with Gasteiger partial charge in [-0.05, 0) is 44.1 Å². The van der Waals surface area contributed by atoms with Gasteiger partial charge in [0.15, 0.2) is 6.10 Å². The molecule has 254 valence electrons. The molecule has 0 saturated carbocycles. The Morgan fingerprint density at radius 1 is 0.644 bits per heavy atom. The molecule has 0 unspecified atom stereocenters. The maximum absolute atomic E-state index is 13.8. The fourth-order valence-corrected chi connectivity index (χ4v) is 4.67. The summed E-state index contributed by atoms with van der Waals surface area (Å²) in [6.45, 7) is 19.1. The third-order valence-corrected chi connectivity index (χ3v) is 7.01. The van der Waals surface area contributed by atoms with Crippen molar-refractivity contribution in [3.8, 4) is 0 Å². The largest absolute Gasteiger partial charge is 0.458 e. The van der Waals surface area contributed by atoms with E-state index in [0.29, 0.717) is 0 Å². The number of rotatable bonds is 14. The first kappa shape index (κ1) is 39.4. The minimum atomic E-state index is -1.26. The molecule has 0 radical (unpaired) electrons. The molecular weight excluding hydrogens is 580 g/mol. The normalized spacial score (nSPS) is 14.4. The number of amides is 2. The van der Waals surface area contributed by atoms with Gasteiger partial charge in [-0.25, -0.2) is 19.2 Å². The molecule has 1 rings (SSSR count). The molecule has 0 spiro atoms. The van der Waals surface area contributed by atoms with E-state index in [9.17, 15) is 24.0 Å². The van der Waals surface area contributed by atoms with Crippen molar-refractivity contribution in [2.45, 2.75) is 113 Å². The molecule has 0 aliphatic rings. The first-order chi connectivity index (χ1) is 20.7. The minimum Gasteiger partial charge on any atom is -0.458 e. The lowest BCUT2D eigenvalue weighted by atomic mass is 9.99. The number of carbonyl (C=O) groups excluding carboxylic acids is 5. The van der Waals surface area contributed by atoms with E-state index in [1.165, 1.54) is 23.9 Å². The zero-order valence-corrected chi connectivity index (χ0v) is 29.3. The van der Waals surface area contributed by atoms with Gasteiger partial charge in [-0.2, -0.15) is 0 Å². The number of esters is 3. The van der Waals surface area contributed by atoms with Crippen molar-refractivity contribution in [2.24, 2.45) is 23.7 Å². The third-order valence-electron chi connectivity index (χ3n) is 7.01. The summed E-state index contributed by atoms with van der Waals surface area (Å²) in [5, 5.41) is 0. The Labute approximate surface area is 268 Å². The van der Waals surface area contributed by atoms with Gasteiger partial charge in [-0.3, -0.25) is 9.69 Å². The molecule has 0 saturated heterocycles. The van der Waals surface area contributed by atoms with Crippen molar-refractivity contribution in [2.75, 3.05) is 14.1 Å². The second-order valence-electron chi connectivity index (χ2n) is 13.7. The molecule has 0 heterocycles. The smallest absolute Gasteiger partial charge is 0.410 e. The summed E-state index contributed by atoms with van der Waals surface area (Å²) in [5.74, 6) is -4.51. The molecule has 2 amide bonds. The second kappa shape index (κ2) is 17.2. The van der Waals surface area contributed by atoms with E-state index in [4.69, 9.17) is 18.9 Å². The van der Waals surface area contributed by atoms with Crippen LogP contribution in [0, 0.1) is 23.7 Å². The molecule has 45 heavy (non-hydrogen) atoms. The van der Waals surface area contributed by atoms with E-state index < -0.39 is 77.6 Å². The van der Waals surface area contributed by atoms with Gasteiger partial charge < -0.3 is 23.8 Å². The Kier molecular flexibility index (Phi) is 15.0.